The number of aromatic nitrogens is 4. The van der Waals surface area contributed by atoms with Gasteiger partial charge in [-0.05, 0) is 24.3 Å². The summed E-state index contributed by atoms with van der Waals surface area (Å²) in [7, 11) is 1.58. The van der Waals surface area contributed by atoms with Gasteiger partial charge in [0.15, 0.2) is 5.82 Å². The molecule has 8 heteroatoms. The predicted molar refractivity (Wildman–Crippen MR) is 63.0 cm³/mol. The van der Waals surface area contributed by atoms with Crippen LogP contribution in [-0.4, -0.2) is 33.8 Å². The van der Waals surface area contributed by atoms with Crippen LogP contribution in [0.15, 0.2) is 24.3 Å². The van der Waals surface area contributed by atoms with Crippen molar-refractivity contribution in [2.24, 2.45) is 0 Å². The van der Waals surface area contributed by atoms with E-state index in [9.17, 15) is 4.79 Å². The van der Waals surface area contributed by atoms with Gasteiger partial charge in [-0.1, -0.05) is 5.21 Å². The Bertz CT molecular complexity index is 496. The molecule has 94 valence electrons. The van der Waals surface area contributed by atoms with E-state index in [1.807, 2.05) is 0 Å². The number of benzene rings is 1. The number of aromatic amines is 1. The molecule has 2 aromatic rings. The molecule has 2 amide bonds. The molecule has 1 aromatic heterocycles. The lowest BCUT2D eigenvalue weighted by Crippen LogP contribution is -2.28. The molecular formula is C10H12N6O2. The molecule has 18 heavy (non-hydrogen) atoms. The van der Waals surface area contributed by atoms with Crippen molar-refractivity contribution in [3.63, 3.8) is 0 Å². The van der Waals surface area contributed by atoms with E-state index < -0.39 is 0 Å². The number of ether oxygens (including phenoxy) is 1. The number of amides is 2. The molecule has 0 bridgehead atoms. The first kappa shape index (κ1) is 11.8. The average Bonchev–Trinajstić information content (AvgIpc) is 2.90. The van der Waals surface area contributed by atoms with Gasteiger partial charge in [0, 0.05) is 5.69 Å². The standard InChI is InChI=1S/C10H12N6O2/c1-18-8-4-2-7(3-5-8)12-10(17)11-6-9-13-15-16-14-9/h2-5H,6H2,1H3,(H2,11,12,17)(H,13,14,15,16). The molecule has 0 aliphatic heterocycles. The van der Waals surface area contributed by atoms with Crippen LogP contribution in [0.25, 0.3) is 0 Å². The maximum absolute atomic E-state index is 11.5. The van der Waals surface area contributed by atoms with Crippen LogP contribution in [0.1, 0.15) is 5.82 Å². The molecular weight excluding hydrogens is 236 g/mol. The van der Waals surface area contributed by atoms with Crippen molar-refractivity contribution in [2.75, 3.05) is 12.4 Å². The minimum absolute atomic E-state index is 0.207. The van der Waals surface area contributed by atoms with Gasteiger partial charge >= 0.3 is 6.03 Å². The number of H-pyrrole nitrogens is 1. The third kappa shape index (κ3) is 3.17. The molecule has 8 nitrogen and oxygen atoms in total. The molecule has 0 atom stereocenters. The Kier molecular flexibility index (Phi) is 3.69. The summed E-state index contributed by atoms with van der Waals surface area (Å²) >= 11 is 0. The molecule has 3 N–H and O–H groups in total. The van der Waals surface area contributed by atoms with Gasteiger partial charge in [0.2, 0.25) is 0 Å². The highest BCUT2D eigenvalue weighted by atomic mass is 16.5. The quantitative estimate of drug-likeness (QED) is 0.732. The summed E-state index contributed by atoms with van der Waals surface area (Å²) in [5.41, 5.74) is 0.668. The summed E-state index contributed by atoms with van der Waals surface area (Å²) in [6, 6.07) is 6.66. The van der Waals surface area contributed by atoms with Crippen LogP contribution in [0.3, 0.4) is 0 Å². The number of hydrogen-bond donors (Lipinski definition) is 3. The van der Waals surface area contributed by atoms with E-state index in [0.29, 0.717) is 11.5 Å². The zero-order chi connectivity index (χ0) is 12.8. The fourth-order valence-electron chi connectivity index (χ4n) is 1.27. The lowest BCUT2D eigenvalue weighted by Gasteiger charge is -2.06. The third-order valence-corrected chi connectivity index (χ3v) is 2.14. The number of tetrazole rings is 1. The minimum Gasteiger partial charge on any atom is -0.497 e. The maximum Gasteiger partial charge on any atom is 0.319 e. The molecule has 0 saturated heterocycles. The van der Waals surface area contributed by atoms with Crippen LogP contribution in [0.2, 0.25) is 0 Å². The Hall–Kier alpha value is -2.64. The maximum atomic E-state index is 11.5. The van der Waals surface area contributed by atoms with Gasteiger partial charge in [-0.25, -0.2) is 4.79 Å². The van der Waals surface area contributed by atoms with Gasteiger partial charge in [-0.3, -0.25) is 0 Å². The largest absolute Gasteiger partial charge is 0.497 e. The number of nitrogens with zero attached hydrogens (tertiary/aromatic N) is 3. The van der Waals surface area contributed by atoms with Crippen LogP contribution in [0.5, 0.6) is 5.75 Å². The monoisotopic (exact) mass is 248 g/mol. The topological polar surface area (TPSA) is 105 Å². The summed E-state index contributed by atoms with van der Waals surface area (Å²) in [6.07, 6.45) is 0. The molecule has 1 heterocycles. The van der Waals surface area contributed by atoms with E-state index in [2.05, 4.69) is 31.3 Å². The minimum atomic E-state index is -0.343. The first-order valence-electron chi connectivity index (χ1n) is 5.19. The fraction of sp³-hybridized carbons (Fsp3) is 0.200. The van der Waals surface area contributed by atoms with Crippen molar-refractivity contribution >= 4 is 11.7 Å². The van der Waals surface area contributed by atoms with E-state index in [4.69, 9.17) is 4.74 Å². The fourth-order valence-corrected chi connectivity index (χ4v) is 1.27. The second kappa shape index (κ2) is 5.62. The summed E-state index contributed by atoms with van der Waals surface area (Å²) in [6.45, 7) is 0.207. The Balaban J connectivity index is 1.83. The molecule has 0 spiro atoms. The second-order valence-corrected chi connectivity index (χ2v) is 3.36. The molecule has 0 fully saturated rings. The second-order valence-electron chi connectivity index (χ2n) is 3.36. The normalized spacial score (nSPS) is 9.83. The van der Waals surface area contributed by atoms with Crippen LogP contribution < -0.4 is 15.4 Å². The Labute approximate surface area is 103 Å². The van der Waals surface area contributed by atoms with Crippen molar-refractivity contribution in [1.29, 1.82) is 0 Å². The zero-order valence-corrected chi connectivity index (χ0v) is 9.67. The lowest BCUT2D eigenvalue weighted by atomic mass is 10.3. The van der Waals surface area contributed by atoms with Crippen molar-refractivity contribution < 1.29 is 9.53 Å². The van der Waals surface area contributed by atoms with Crippen LogP contribution >= 0.6 is 0 Å². The smallest absolute Gasteiger partial charge is 0.319 e. The van der Waals surface area contributed by atoms with E-state index >= 15 is 0 Å². The third-order valence-electron chi connectivity index (χ3n) is 2.14. The number of anilines is 1. The number of rotatable bonds is 4. The van der Waals surface area contributed by atoms with Gasteiger partial charge in [0.05, 0.1) is 13.7 Å². The zero-order valence-electron chi connectivity index (χ0n) is 9.67. The highest BCUT2D eigenvalue weighted by Gasteiger charge is 2.03. The van der Waals surface area contributed by atoms with Crippen LogP contribution in [0.4, 0.5) is 10.5 Å². The first-order valence-corrected chi connectivity index (χ1v) is 5.19. The lowest BCUT2D eigenvalue weighted by molar-refractivity contribution is 0.251. The number of methoxy groups -OCH3 is 1. The van der Waals surface area contributed by atoms with E-state index in [-0.39, 0.29) is 12.6 Å². The molecule has 0 saturated carbocycles. The number of hydrogen-bond acceptors (Lipinski definition) is 5. The van der Waals surface area contributed by atoms with Crippen molar-refractivity contribution in [2.45, 2.75) is 6.54 Å². The SMILES string of the molecule is COc1ccc(NC(=O)NCc2nn[nH]n2)cc1. The van der Waals surface area contributed by atoms with E-state index in [0.717, 1.165) is 5.75 Å². The van der Waals surface area contributed by atoms with Gasteiger partial charge in [0.1, 0.15) is 5.75 Å². The van der Waals surface area contributed by atoms with Gasteiger partial charge < -0.3 is 15.4 Å². The Morgan fingerprint density at radius 1 is 1.39 bits per heavy atom. The molecule has 0 unspecified atom stereocenters. The molecule has 0 aliphatic rings. The highest BCUT2D eigenvalue weighted by Crippen LogP contribution is 2.14. The number of carbonyl (C=O) groups excluding carboxylic acids is 1. The predicted octanol–water partition coefficient (Wildman–Crippen LogP) is 0.530. The van der Waals surface area contributed by atoms with E-state index in [1.165, 1.54) is 0 Å². The summed E-state index contributed by atoms with van der Waals surface area (Å²) < 4.78 is 5.02. The van der Waals surface area contributed by atoms with Gasteiger partial charge in [-0.2, -0.15) is 5.21 Å². The number of carbonyl (C=O) groups is 1. The van der Waals surface area contributed by atoms with Crippen molar-refractivity contribution in [3.8, 4) is 5.75 Å². The summed E-state index contributed by atoms with van der Waals surface area (Å²) in [5, 5.41) is 18.4. The Morgan fingerprint density at radius 2 is 2.17 bits per heavy atom. The Morgan fingerprint density at radius 3 is 2.78 bits per heavy atom. The highest BCUT2D eigenvalue weighted by molar-refractivity contribution is 5.89. The molecule has 0 radical (unpaired) electrons. The molecule has 2 rings (SSSR count). The molecule has 0 aliphatic carbocycles. The van der Waals surface area contributed by atoms with Crippen molar-refractivity contribution in [1.82, 2.24) is 25.9 Å². The van der Waals surface area contributed by atoms with Gasteiger partial charge in [-0.15, -0.1) is 10.2 Å². The summed E-state index contributed by atoms with van der Waals surface area (Å²) in [5.74, 6) is 1.15. The van der Waals surface area contributed by atoms with E-state index in [1.54, 1.807) is 31.4 Å². The van der Waals surface area contributed by atoms with Crippen molar-refractivity contribution in [3.05, 3.63) is 30.1 Å². The van der Waals surface area contributed by atoms with Crippen LogP contribution in [0, 0.1) is 0 Å². The summed E-state index contributed by atoms with van der Waals surface area (Å²) in [4.78, 5) is 11.5. The van der Waals surface area contributed by atoms with Gasteiger partial charge in [0.25, 0.3) is 0 Å². The van der Waals surface area contributed by atoms with Crippen LogP contribution in [-0.2, 0) is 6.54 Å². The first-order chi connectivity index (χ1) is 8.78. The number of nitrogens with one attached hydrogen (secondary N) is 3. The average molecular weight is 248 g/mol. The number of urea groups is 1. The molecule has 1 aromatic carbocycles.